The Labute approximate surface area is 99.6 Å². The fourth-order valence-electron chi connectivity index (χ4n) is 1.48. The number of benzene rings is 1. The molecule has 0 amide bonds. The molecule has 1 aromatic heterocycles. The highest BCUT2D eigenvalue weighted by Gasteiger charge is 2.06. The smallest absolute Gasteiger partial charge is 0.257 e. The minimum absolute atomic E-state index is 0.320. The largest absolute Gasteiger partial charge is 0.475 e. The van der Waals surface area contributed by atoms with Crippen LogP contribution in [0.25, 0.3) is 11.0 Å². The zero-order valence-electron chi connectivity index (χ0n) is 9.72. The highest BCUT2D eigenvalue weighted by Crippen LogP contribution is 2.20. The van der Waals surface area contributed by atoms with Gasteiger partial charge in [0, 0.05) is 20.1 Å². The van der Waals surface area contributed by atoms with Crippen LogP contribution in [0.1, 0.15) is 6.42 Å². The second kappa shape index (κ2) is 5.45. The standard InChI is InChI=1S/C12H15N3O2/c1-16-7-4-8-17-12-11(13)14-9-5-2-3-6-10(9)15-12/h2-3,5-6H,4,7-8H2,1H3,(H2,13,14). The Balaban J connectivity index is 2.14. The Hall–Kier alpha value is -1.88. The molecule has 0 bridgehead atoms. The number of hydrogen-bond donors (Lipinski definition) is 1. The number of methoxy groups -OCH3 is 1. The summed E-state index contributed by atoms with van der Waals surface area (Å²) >= 11 is 0. The van der Waals surface area contributed by atoms with Gasteiger partial charge in [0.1, 0.15) is 0 Å². The van der Waals surface area contributed by atoms with Gasteiger partial charge in [0.15, 0.2) is 5.82 Å². The van der Waals surface area contributed by atoms with Crippen LogP contribution in [0.2, 0.25) is 0 Å². The maximum atomic E-state index is 5.77. The van der Waals surface area contributed by atoms with Gasteiger partial charge in [0.2, 0.25) is 0 Å². The summed E-state index contributed by atoms with van der Waals surface area (Å²) in [5.74, 6) is 0.709. The van der Waals surface area contributed by atoms with Crippen molar-refractivity contribution in [2.24, 2.45) is 0 Å². The van der Waals surface area contributed by atoms with Crippen LogP contribution in [0.5, 0.6) is 5.88 Å². The SMILES string of the molecule is COCCCOc1nc2ccccc2nc1N. The van der Waals surface area contributed by atoms with Gasteiger partial charge in [-0.05, 0) is 12.1 Å². The zero-order valence-corrected chi connectivity index (χ0v) is 9.72. The molecule has 2 N–H and O–H groups in total. The minimum atomic E-state index is 0.320. The number of rotatable bonds is 5. The molecule has 0 saturated heterocycles. The molecule has 0 atom stereocenters. The van der Waals surface area contributed by atoms with Gasteiger partial charge in [0.25, 0.3) is 5.88 Å². The minimum Gasteiger partial charge on any atom is -0.475 e. The topological polar surface area (TPSA) is 70.3 Å². The van der Waals surface area contributed by atoms with Crippen LogP contribution in [0, 0.1) is 0 Å². The normalized spacial score (nSPS) is 10.6. The summed E-state index contributed by atoms with van der Waals surface area (Å²) in [7, 11) is 1.66. The van der Waals surface area contributed by atoms with Gasteiger partial charge >= 0.3 is 0 Å². The lowest BCUT2D eigenvalue weighted by atomic mass is 10.3. The summed E-state index contributed by atoms with van der Waals surface area (Å²) in [6.07, 6.45) is 0.796. The van der Waals surface area contributed by atoms with E-state index in [-0.39, 0.29) is 0 Å². The molecule has 2 aromatic rings. The number of nitrogen functional groups attached to an aromatic ring is 1. The summed E-state index contributed by atoms with van der Waals surface area (Å²) in [6.45, 7) is 1.17. The summed E-state index contributed by atoms with van der Waals surface area (Å²) < 4.78 is 10.4. The van der Waals surface area contributed by atoms with Gasteiger partial charge in [-0.25, -0.2) is 9.97 Å². The molecule has 0 spiro atoms. The van der Waals surface area contributed by atoms with Crippen molar-refractivity contribution in [3.63, 3.8) is 0 Å². The first-order valence-corrected chi connectivity index (χ1v) is 5.45. The van der Waals surface area contributed by atoms with E-state index in [0.29, 0.717) is 24.9 Å². The van der Waals surface area contributed by atoms with Crippen molar-refractivity contribution in [1.82, 2.24) is 9.97 Å². The first-order chi connectivity index (χ1) is 8.31. The van der Waals surface area contributed by atoms with Crippen molar-refractivity contribution in [1.29, 1.82) is 0 Å². The van der Waals surface area contributed by atoms with Crippen LogP contribution in [0.15, 0.2) is 24.3 Å². The Morgan fingerprint density at radius 2 is 1.82 bits per heavy atom. The molecule has 5 heteroatoms. The molecule has 0 aliphatic rings. The molecule has 0 saturated carbocycles. The van der Waals surface area contributed by atoms with Gasteiger partial charge in [-0.3, -0.25) is 0 Å². The Bertz CT molecular complexity index is 502. The molecule has 17 heavy (non-hydrogen) atoms. The van der Waals surface area contributed by atoms with Crippen LogP contribution in [0.4, 0.5) is 5.82 Å². The molecule has 1 aromatic carbocycles. The number of aromatic nitrogens is 2. The van der Waals surface area contributed by atoms with E-state index in [1.54, 1.807) is 7.11 Å². The van der Waals surface area contributed by atoms with Crippen molar-refractivity contribution >= 4 is 16.9 Å². The molecule has 0 aliphatic carbocycles. The van der Waals surface area contributed by atoms with Crippen molar-refractivity contribution < 1.29 is 9.47 Å². The Morgan fingerprint density at radius 3 is 2.53 bits per heavy atom. The third-order valence-corrected chi connectivity index (χ3v) is 2.30. The van der Waals surface area contributed by atoms with Crippen LogP contribution in [-0.2, 0) is 4.74 Å². The molecule has 1 heterocycles. The van der Waals surface area contributed by atoms with Gasteiger partial charge in [-0.2, -0.15) is 0 Å². The molecule has 2 rings (SSSR count). The van der Waals surface area contributed by atoms with E-state index in [4.69, 9.17) is 15.2 Å². The first-order valence-electron chi connectivity index (χ1n) is 5.45. The highest BCUT2D eigenvalue weighted by atomic mass is 16.5. The molecule has 0 radical (unpaired) electrons. The fourth-order valence-corrected chi connectivity index (χ4v) is 1.48. The highest BCUT2D eigenvalue weighted by molar-refractivity contribution is 5.76. The maximum Gasteiger partial charge on any atom is 0.257 e. The van der Waals surface area contributed by atoms with Crippen LogP contribution < -0.4 is 10.5 Å². The maximum absolute atomic E-state index is 5.77. The molecular formula is C12H15N3O2. The average molecular weight is 233 g/mol. The van der Waals surface area contributed by atoms with Crippen LogP contribution in [-0.4, -0.2) is 30.3 Å². The van der Waals surface area contributed by atoms with E-state index < -0.39 is 0 Å². The third kappa shape index (κ3) is 2.82. The number of hydrogen-bond acceptors (Lipinski definition) is 5. The van der Waals surface area contributed by atoms with Gasteiger partial charge in [-0.1, -0.05) is 12.1 Å². The van der Waals surface area contributed by atoms with Gasteiger partial charge in [-0.15, -0.1) is 0 Å². The predicted molar refractivity (Wildman–Crippen MR) is 65.9 cm³/mol. The van der Waals surface area contributed by atoms with Crippen molar-refractivity contribution in [2.45, 2.75) is 6.42 Å². The number of para-hydroxylation sites is 2. The number of anilines is 1. The summed E-state index contributed by atoms with van der Waals surface area (Å²) in [6, 6.07) is 7.55. The second-order valence-electron chi connectivity index (χ2n) is 3.60. The fraction of sp³-hybridized carbons (Fsp3) is 0.333. The predicted octanol–water partition coefficient (Wildman–Crippen LogP) is 1.63. The lowest BCUT2D eigenvalue weighted by Crippen LogP contribution is -2.06. The van der Waals surface area contributed by atoms with E-state index in [0.717, 1.165) is 17.5 Å². The summed E-state index contributed by atoms with van der Waals surface area (Å²) in [5.41, 5.74) is 7.32. The molecule has 0 aliphatic heterocycles. The molecule has 90 valence electrons. The zero-order chi connectivity index (χ0) is 12.1. The van der Waals surface area contributed by atoms with Gasteiger partial charge < -0.3 is 15.2 Å². The number of nitrogens with zero attached hydrogens (tertiary/aromatic N) is 2. The quantitative estimate of drug-likeness (QED) is 0.795. The monoisotopic (exact) mass is 233 g/mol. The number of ether oxygens (including phenoxy) is 2. The number of fused-ring (bicyclic) bond motifs is 1. The number of nitrogens with two attached hydrogens (primary N) is 1. The van der Waals surface area contributed by atoms with E-state index in [9.17, 15) is 0 Å². The van der Waals surface area contributed by atoms with Crippen molar-refractivity contribution in [2.75, 3.05) is 26.1 Å². The van der Waals surface area contributed by atoms with Crippen LogP contribution in [0.3, 0.4) is 0 Å². The third-order valence-electron chi connectivity index (χ3n) is 2.30. The van der Waals surface area contributed by atoms with Crippen LogP contribution >= 0.6 is 0 Å². The lowest BCUT2D eigenvalue weighted by Gasteiger charge is -2.07. The van der Waals surface area contributed by atoms with E-state index in [2.05, 4.69) is 9.97 Å². The first kappa shape index (κ1) is 11.6. The molecule has 0 fully saturated rings. The summed E-state index contributed by atoms with van der Waals surface area (Å²) in [4.78, 5) is 8.56. The Morgan fingerprint density at radius 1 is 1.12 bits per heavy atom. The van der Waals surface area contributed by atoms with Gasteiger partial charge in [0.05, 0.1) is 17.6 Å². The van der Waals surface area contributed by atoms with E-state index in [1.807, 2.05) is 24.3 Å². The Kier molecular flexibility index (Phi) is 3.72. The van der Waals surface area contributed by atoms with Crippen molar-refractivity contribution in [3.05, 3.63) is 24.3 Å². The molecule has 5 nitrogen and oxygen atoms in total. The van der Waals surface area contributed by atoms with Crippen molar-refractivity contribution in [3.8, 4) is 5.88 Å². The lowest BCUT2D eigenvalue weighted by molar-refractivity contribution is 0.171. The van der Waals surface area contributed by atoms with E-state index in [1.165, 1.54) is 0 Å². The second-order valence-corrected chi connectivity index (χ2v) is 3.60. The molecular weight excluding hydrogens is 218 g/mol. The van der Waals surface area contributed by atoms with E-state index >= 15 is 0 Å². The average Bonchev–Trinajstić information content (AvgIpc) is 2.35. The summed E-state index contributed by atoms with van der Waals surface area (Å²) in [5, 5.41) is 0. The molecule has 0 unspecified atom stereocenters.